The minimum atomic E-state index is -0.455. The molecule has 1 heterocycles. The predicted molar refractivity (Wildman–Crippen MR) is 134 cm³/mol. The first kappa shape index (κ1) is 12.4. The Labute approximate surface area is 195 Å². The normalized spacial score (nSPS) is 15.5. The summed E-state index contributed by atoms with van der Waals surface area (Å²) in [4.78, 5) is 0. The van der Waals surface area contributed by atoms with Gasteiger partial charge >= 0.3 is 0 Å². The Morgan fingerprint density at radius 1 is 0.806 bits per heavy atom. The molecule has 0 fully saturated rings. The number of nitrogens with one attached hydrogen (secondary N) is 1. The van der Waals surface area contributed by atoms with E-state index in [-0.39, 0.29) is 51.4 Å². The maximum Gasteiger partial charge on any atom is 0.0645 e. The lowest BCUT2D eigenvalue weighted by Gasteiger charge is -2.21. The maximum absolute atomic E-state index is 8.68. The lowest BCUT2D eigenvalue weighted by molar-refractivity contribution is 0.590. The van der Waals surface area contributed by atoms with Crippen LogP contribution in [0, 0.1) is 6.92 Å². The first-order chi connectivity index (χ1) is 18.2. The Morgan fingerprint density at radius 3 is 2.06 bits per heavy atom. The molecule has 154 valence electrons. The van der Waals surface area contributed by atoms with Crippen molar-refractivity contribution in [1.82, 2.24) is 4.57 Å². The average molecular weight is 413 g/mol. The van der Waals surface area contributed by atoms with Crippen LogP contribution in [0.15, 0.2) is 90.8 Å². The second-order valence-corrected chi connectivity index (χ2v) is 8.74. The molecular formula is C29H28N2. The van der Waals surface area contributed by atoms with Crippen molar-refractivity contribution in [3.63, 3.8) is 0 Å². The van der Waals surface area contributed by atoms with Gasteiger partial charge in [0.25, 0.3) is 0 Å². The molecule has 31 heavy (non-hydrogen) atoms. The van der Waals surface area contributed by atoms with Gasteiger partial charge in [0.2, 0.25) is 0 Å². The van der Waals surface area contributed by atoms with Crippen LogP contribution in [0.25, 0.3) is 27.5 Å². The molecule has 0 unspecified atom stereocenters. The Bertz CT molecular complexity index is 1740. The molecule has 0 spiro atoms. The lowest BCUT2D eigenvalue weighted by atomic mass is 9.86. The molecule has 0 amide bonds. The Hall–Kier alpha value is -3.52. The third-order valence-corrected chi connectivity index (χ3v) is 5.51. The van der Waals surface area contributed by atoms with Crippen molar-refractivity contribution in [3.05, 3.63) is 102 Å². The van der Waals surface area contributed by atoms with Crippen LogP contribution in [0.3, 0.4) is 0 Å². The summed E-state index contributed by atoms with van der Waals surface area (Å²) in [6, 6.07) is 10.4. The summed E-state index contributed by atoms with van der Waals surface area (Å²) >= 11 is 0. The Morgan fingerprint density at radius 2 is 1.45 bits per heavy atom. The summed E-state index contributed by atoms with van der Waals surface area (Å²) in [6.07, 6.45) is 0. The van der Waals surface area contributed by atoms with E-state index in [1.54, 1.807) is 18.2 Å². The van der Waals surface area contributed by atoms with Crippen molar-refractivity contribution in [2.45, 2.75) is 33.1 Å². The molecule has 0 saturated carbocycles. The van der Waals surface area contributed by atoms with E-state index in [1.807, 2.05) is 19.1 Å². The van der Waals surface area contributed by atoms with E-state index >= 15 is 0 Å². The molecule has 2 nitrogen and oxygen atoms in total. The van der Waals surface area contributed by atoms with Crippen molar-refractivity contribution in [2.75, 3.05) is 5.32 Å². The van der Waals surface area contributed by atoms with Crippen molar-refractivity contribution < 1.29 is 11.0 Å². The third kappa shape index (κ3) is 3.48. The average Bonchev–Trinajstić information content (AvgIpc) is 3.25. The quantitative estimate of drug-likeness (QED) is 0.316. The van der Waals surface area contributed by atoms with Gasteiger partial charge in [0.15, 0.2) is 0 Å². The molecule has 0 aliphatic carbocycles. The van der Waals surface area contributed by atoms with Gasteiger partial charge in [-0.05, 0) is 59.8 Å². The van der Waals surface area contributed by atoms with Crippen molar-refractivity contribution >= 4 is 33.2 Å². The van der Waals surface area contributed by atoms with Crippen molar-refractivity contribution in [1.29, 1.82) is 0 Å². The molecule has 4 aromatic carbocycles. The predicted octanol–water partition coefficient (Wildman–Crippen LogP) is 8.13. The van der Waals surface area contributed by atoms with Crippen LogP contribution in [0.2, 0.25) is 0 Å². The molecule has 0 saturated heterocycles. The lowest BCUT2D eigenvalue weighted by Crippen LogP contribution is -2.11. The number of nitrogens with zero attached hydrogens (tertiary/aromatic N) is 1. The Kier molecular flexibility index (Phi) is 2.92. The zero-order valence-corrected chi connectivity index (χ0v) is 18.0. The van der Waals surface area contributed by atoms with Crippen LogP contribution in [0.4, 0.5) is 11.4 Å². The summed E-state index contributed by atoms with van der Waals surface area (Å²) < 4.78 is 69.0. The van der Waals surface area contributed by atoms with Crippen LogP contribution < -0.4 is 5.32 Å². The fourth-order valence-corrected chi connectivity index (χ4v) is 3.83. The molecule has 0 radical (unpaired) electrons. The monoisotopic (exact) mass is 412 g/mol. The summed E-state index contributed by atoms with van der Waals surface area (Å²) in [5.41, 5.74) is 4.62. The van der Waals surface area contributed by atoms with E-state index < -0.39 is 24.2 Å². The largest absolute Gasteiger partial charge is 0.355 e. The van der Waals surface area contributed by atoms with E-state index in [9.17, 15) is 0 Å². The van der Waals surface area contributed by atoms with Gasteiger partial charge in [0.05, 0.1) is 22.0 Å². The minimum absolute atomic E-state index is 0.0142. The SMILES string of the molecule is [2H]c1c([2H])c([2H])c2c(c1[2H])c1c([2H])c([2H])c([2H])c([2H])c1n2-c1cccc(Nc2ccc(C(C)(C)C)cc2C)c1. The van der Waals surface area contributed by atoms with E-state index in [0.717, 1.165) is 16.9 Å². The van der Waals surface area contributed by atoms with Gasteiger partial charge in [-0.25, -0.2) is 0 Å². The van der Waals surface area contributed by atoms with E-state index in [0.29, 0.717) is 5.69 Å². The molecular weight excluding hydrogens is 376 g/mol. The Balaban J connectivity index is 1.79. The zero-order valence-electron chi connectivity index (χ0n) is 26.0. The molecule has 0 aliphatic rings. The first-order valence-electron chi connectivity index (χ1n) is 14.2. The van der Waals surface area contributed by atoms with Crippen LogP contribution >= 0.6 is 0 Å². The topological polar surface area (TPSA) is 17.0 Å². The molecule has 5 rings (SSSR count). The van der Waals surface area contributed by atoms with Crippen LogP contribution in [0.5, 0.6) is 0 Å². The summed E-state index contributed by atoms with van der Waals surface area (Å²) in [5, 5.41) is 3.56. The highest BCUT2D eigenvalue weighted by molar-refractivity contribution is 6.09. The van der Waals surface area contributed by atoms with Gasteiger partial charge in [-0.3, -0.25) is 0 Å². The van der Waals surface area contributed by atoms with Gasteiger partial charge in [-0.15, -0.1) is 0 Å². The number of benzene rings is 4. The number of fused-ring (bicyclic) bond motifs is 3. The van der Waals surface area contributed by atoms with Crippen LogP contribution in [-0.4, -0.2) is 4.57 Å². The number of rotatable bonds is 3. The number of anilines is 2. The molecule has 1 aromatic heterocycles. The van der Waals surface area contributed by atoms with Gasteiger partial charge in [-0.1, -0.05) is 75.2 Å². The highest BCUT2D eigenvalue weighted by atomic mass is 15.0. The van der Waals surface area contributed by atoms with E-state index in [1.165, 1.54) is 10.1 Å². The molecule has 0 aliphatic heterocycles. The summed E-state index contributed by atoms with van der Waals surface area (Å²) in [5.74, 6) is 0. The number of aromatic nitrogens is 1. The van der Waals surface area contributed by atoms with Crippen molar-refractivity contribution in [2.24, 2.45) is 0 Å². The van der Waals surface area contributed by atoms with Crippen molar-refractivity contribution in [3.8, 4) is 5.69 Å². The molecule has 2 heteroatoms. The number of hydrogen-bond donors (Lipinski definition) is 1. The van der Waals surface area contributed by atoms with Gasteiger partial charge < -0.3 is 9.88 Å². The molecule has 5 aromatic rings. The van der Waals surface area contributed by atoms with Crippen LogP contribution in [-0.2, 0) is 5.41 Å². The first-order valence-corrected chi connectivity index (χ1v) is 10.2. The van der Waals surface area contributed by atoms with Gasteiger partial charge in [0, 0.05) is 27.8 Å². The fraction of sp³-hybridized carbons (Fsp3) is 0.172. The summed E-state index contributed by atoms with van der Waals surface area (Å²) in [7, 11) is 0. The van der Waals surface area contributed by atoms with Gasteiger partial charge in [-0.2, -0.15) is 0 Å². The minimum Gasteiger partial charge on any atom is -0.355 e. The molecule has 0 atom stereocenters. The number of aryl methyl sites for hydroxylation is 1. The maximum atomic E-state index is 8.68. The zero-order chi connectivity index (χ0) is 28.5. The highest BCUT2D eigenvalue weighted by Crippen LogP contribution is 2.33. The van der Waals surface area contributed by atoms with Gasteiger partial charge in [0.1, 0.15) is 0 Å². The number of hydrogen-bond acceptors (Lipinski definition) is 1. The van der Waals surface area contributed by atoms with E-state index in [2.05, 4.69) is 38.2 Å². The second-order valence-electron chi connectivity index (χ2n) is 8.74. The molecule has 1 N–H and O–H groups in total. The standard InChI is InChI=1S/C29H28N2/c1-20-18-21(29(2,3)4)16-17-26(20)30-22-10-9-11-23(19-22)31-27-14-7-5-12-24(27)25-13-6-8-15-28(25)31/h5-19,30H,1-4H3/i5D,6D,7D,8D,12D,13D,14D,15D. The van der Waals surface area contributed by atoms with Crippen LogP contribution in [0.1, 0.15) is 42.9 Å². The smallest absolute Gasteiger partial charge is 0.0645 e. The molecule has 0 bridgehead atoms. The summed E-state index contributed by atoms with van der Waals surface area (Å²) in [6.45, 7) is 8.51. The highest BCUT2D eigenvalue weighted by Gasteiger charge is 2.15. The second kappa shape index (κ2) is 7.31. The fourth-order valence-electron chi connectivity index (χ4n) is 3.83. The third-order valence-electron chi connectivity index (χ3n) is 5.51. The number of para-hydroxylation sites is 2. The van der Waals surface area contributed by atoms with E-state index in [4.69, 9.17) is 11.0 Å².